The van der Waals surface area contributed by atoms with Gasteiger partial charge < -0.3 is 10.6 Å². The Hall–Kier alpha value is -1.58. The Morgan fingerprint density at radius 3 is 2.81 bits per heavy atom. The monoisotopic (exact) mass is 221 g/mol. The van der Waals surface area contributed by atoms with E-state index in [4.69, 9.17) is 5.73 Å². The van der Waals surface area contributed by atoms with E-state index in [2.05, 4.69) is 4.99 Å². The second kappa shape index (κ2) is 3.77. The van der Waals surface area contributed by atoms with E-state index in [1.165, 1.54) is 6.07 Å². The van der Waals surface area contributed by atoms with E-state index in [1.807, 2.05) is 24.8 Å². The van der Waals surface area contributed by atoms with Crippen LogP contribution in [0.1, 0.15) is 19.4 Å². The van der Waals surface area contributed by atoms with Crippen LogP contribution in [0, 0.1) is 5.82 Å². The molecule has 0 spiro atoms. The van der Waals surface area contributed by atoms with Crippen molar-refractivity contribution in [1.29, 1.82) is 0 Å². The molecule has 1 aliphatic rings. The lowest BCUT2D eigenvalue weighted by Crippen LogP contribution is -2.47. The predicted molar refractivity (Wildman–Crippen MR) is 62.6 cm³/mol. The summed E-state index contributed by atoms with van der Waals surface area (Å²) in [5, 5.41) is 0. The van der Waals surface area contributed by atoms with Gasteiger partial charge in [-0.3, -0.25) is 4.99 Å². The lowest BCUT2D eigenvalue weighted by molar-refractivity contribution is 0.227. The first-order valence-electron chi connectivity index (χ1n) is 5.42. The summed E-state index contributed by atoms with van der Waals surface area (Å²) in [6.45, 7) is 5.19. The number of guanidine groups is 1. The molecule has 0 bridgehead atoms. The van der Waals surface area contributed by atoms with Gasteiger partial charge in [-0.2, -0.15) is 0 Å². The van der Waals surface area contributed by atoms with Gasteiger partial charge in [-0.15, -0.1) is 0 Å². The molecule has 1 unspecified atom stereocenters. The van der Waals surface area contributed by atoms with Crippen molar-refractivity contribution in [2.45, 2.75) is 19.4 Å². The van der Waals surface area contributed by atoms with Crippen LogP contribution in [-0.2, 0) is 5.54 Å². The lowest BCUT2D eigenvalue weighted by Gasteiger charge is -2.36. The highest BCUT2D eigenvalue weighted by Crippen LogP contribution is 2.33. The second-order valence-electron chi connectivity index (χ2n) is 4.17. The summed E-state index contributed by atoms with van der Waals surface area (Å²) < 4.78 is 13.8. The molecule has 16 heavy (non-hydrogen) atoms. The molecular formula is C12H16FN3. The zero-order valence-electron chi connectivity index (χ0n) is 9.57. The zero-order chi connectivity index (χ0) is 11.8. The van der Waals surface area contributed by atoms with Crippen LogP contribution < -0.4 is 5.73 Å². The van der Waals surface area contributed by atoms with Gasteiger partial charge in [0.2, 0.25) is 0 Å². The smallest absolute Gasteiger partial charge is 0.192 e. The number of rotatable bonds is 2. The largest absolute Gasteiger partial charge is 0.370 e. The SMILES string of the molecule is CCN1C(N)=NCC1(C)c1ccccc1F. The first-order valence-corrected chi connectivity index (χ1v) is 5.42. The maximum Gasteiger partial charge on any atom is 0.192 e. The molecule has 1 aromatic carbocycles. The van der Waals surface area contributed by atoms with Crippen LogP contribution in [0.2, 0.25) is 0 Å². The van der Waals surface area contributed by atoms with Crippen molar-refractivity contribution >= 4 is 5.96 Å². The van der Waals surface area contributed by atoms with Crippen molar-refractivity contribution in [1.82, 2.24) is 4.90 Å². The highest BCUT2D eigenvalue weighted by Gasteiger charge is 2.40. The minimum absolute atomic E-state index is 0.201. The number of nitrogens with two attached hydrogens (primary N) is 1. The van der Waals surface area contributed by atoms with Crippen molar-refractivity contribution < 1.29 is 4.39 Å². The van der Waals surface area contributed by atoms with E-state index in [-0.39, 0.29) is 5.82 Å². The number of aliphatic imine (C=N–C) groups is 1. The predicted octanol–water partition coefficient (Wildman–Crippen LogP) is 1.69. The van der Waals surface area contributed by atoms with Gasteiger partial charge in [0.25, 0.3) is 0 Å². The van der Waals surface area contributed by atoms with Crippen LogP contribution >= 0.6 is 0 Å². The summed E-state index contributed by atoms with van der Waals surface area (Å²) in [7, 11) is 0. The fraction of sp³-hybridized carbons (Fsp3) is 0.417. The molecule has 1 heterocycles. The van der Waals surface area contributed by atoms with Gasteiger partial charge in [-0.25, -0.2) is 4.39 Å². The minimum Gasteiger partial charge on any atom is -0.370 e. The number of hydrogen-bond donors (Lipinski definition) is 1. The third-order valence-corrected chi connectivity index (χ3v) is 3.19. The van der Waals surface area contributed by atoms with Crippen LogP contribution in [0.15, 0.2) is 29.3 Å². The van der Waals surface area contributed by atoms with Gasteiger partial charge >= 0.3 is 0 Å². The molecule has 0 aromatic heterocycles. The third-order valence-electron chi connectivity index (χ3n) is 3.19. The van der Waals surface area contributed by atoms with E-state index in [0.717, 1.165) is 6.54 Å². The van der Waals surface area contributed by atoms with Gasteiger partial charge in [0.1, 0.15) is 5.82 Å². The Morgan fingerprint density at radius 2 is 2.19 bits per heavy atom. The molecule has 1 aromatic rings. The van der Waals surface area contributed by atoms with E-state index >= 15 is 0 Å². The Kier molecular flexibility index (Phi) is 2.58. The molecule has 0 radical (unpaired) electrons. The Labute approximate surface area is 94.8 Å². The van der Waals surface area contributed by atoms with Crippen LogP contribution in [0.3, 0.4) is 0 Å². The average molecular weight is 221 g/mol. The summed E-state index contributed by atoms with van der Waals surface area (Å²) in [6.07, 6.45) is 0. The van der Waals surface area contributed by atoms with E-state index in [0.29, 0.717) is 18.1 Å². The second-order valence-corrected chi connectivity index (χ2v) is 4.17. The highest BCUT2D eigenvalue weighted by atomic mass is 19.1. The first-order chi connectivity index (χ1) is 7.59. The Balaban J connectivity index is 2.45. The molecule has 2 N–H and O–H groups in total. The van der Waals surface area contributed by atoms with Gasteiger partial charge in [-0.1, -0.05) is 18.2 Å². The topological polar surface area (TPSA) is 41.6 Å². The molecule has 2 rings (SSSR count). The van der Waals surface area contributed by atoms with Crippen molar-refractivity contribution in [2.75, 3.05) is 13.1 Å². The van der Waals surface area contributed by atoms with Crippen molar-refractivity contribution in [3.8, 4) is 0 Å². The molecule has 0 saturated carbocycles. The molecule has 0 saturated heterocycles. The molecule has 0 amide bonds. The van der Waals surface area contributed by atoms with Crippen molar-refractivity contribution in [3.63, 3.8) is 0 Å². The third kappa shape index (κ3) is 1.45. The van der Waals surface area contributed by atoms with Gasteiger partial charge in [0, 0.05) is 12.1 Å². The van der Waals surface area contributed by atoms with E-state index < -0.39 is 5.54 Å². The summed E-state index contributed by atoms with van der Waals surface area (Å²) in [5.41, 5.74) is 6.01. The molecule has 1 atom stereocenters. The van der Waals surface area contributed by atoms with Crippen LogP contribution in [-0.4, -0.2) is 23.9 Å². The van der Waals surface area contributed by atoms with Gasteiger partial charge in [0.05, 0.1) is 12.1 Å². The molecular weight excluding hydrogens is 205 g/mol. The number of benzene rings is 1. The van der Waals surface area contributed by atoms with Crippen molar-refractivity contribution in [2.24, 2.45) is 10.7 Å². The Bertz CT molecular complexity index is 430. The fourth-order valence-corrected chi connectivity index (χ4v) is 2.30. The molecule has 4 heteroatoms. The summed E-state index contributed by atoms with van der Waals surface area (Å²) in [5.74, 6) is 0.293. The maximum absolute atomic E-state index is 13.8. The average Bonchev–Trinajstić information content (AvgIpc) is 2.56. The zero-order valence-corrected chi connectivity index (χ0v) is 9.57. The normalized spacial score (nSPS) is 24.7. The van der Waals surface area contributed by atoms with Crippen LogP contribution in [0.4, 0.5) is 4.39 Å². The highest BCUT2D eigenvalue weighted by molar-refractivity contribution is 5.81. The molecule has 86 valence electrons. The molecule has 0 aliphatic carbocycles. The van der Waals surface area contributed by atoms with Gasteiger partial charge in [-0.05, 0) is 19.9 Å². The number of likely N-dealkylation sites (N-methyl/N-ethyl adjacent to an activating group) is 1. The summed E-state index contributed by atoms with van der Waals surface area (Å²) in [4.78, 5) is 6.15. The van der Waals surface area contributed by atoms with Gasteiger partial charge in [0.15, 0.2) is 5.96 Å². The maximum atomic E-state index is 13.8. The number of hydrogen-bond acceptors (Lipinski definition) is 3. The van der Waals surface area contributed by atoms with Crippen molar-refractivity contribution in [3.05, 3.63) is 35.6 Å². The first kappa shape index (κ1) is 10.9. The number of nitrogens with zero attached hydrogens (tertiary/aromatic N) is 2. The minimum atomic E-state index is -0.454. The van der Waals surface area contributed by atoms with E-state index in [1.54, 1.807) is 12.1 Å². The Morgan fingerprint density at radius 1 is 1.50 bits per heavy atom. The lowest BCUT2D eigenvalue weighted by atomic mass is 9.90. The molecule has 1 aliphatic heterocycles. The summed E-state index contributed by atoms with van der Waals surface area (Å²) >= 11 is 0. The number of halogens is 1. The quantitative estimate of drug-likeness (QED) is 0.825. The van der Waals surface area contributed by atoms with Crippen LogP contribution in [0.25, 0.3) is 0 Å². The molecule has 0 fully saturated rings. The molecule has 3 nitrogen and oxygen atoms in total. The fourth-order valence-electron chi connectivity index (χ4n) is 2.30. The summed E-state index contributed by atoms with van der Waals surface area (Å²) in [6, 6.07) is 6.80. The van der Waals surface area contributed by atoms with Crippen LogP contribution in [0.5, 0.6) is 0 Å². The standard InChI is InChI=1S/C12H16FN3/c1-3-16-11(14)15-8-12(16,2)9-6-4-5-7-10(9)13/h4-7H,3,8H2,1-2H3,(H2,14,15). The van der Waals surface area contributed by atoms with E-state index in [9.17, 15) is 4.39 Å².